The van der Waals surface area contributed by atoms with Crippen molar-refractivity contribution in [1.82, 2.24) is 0 Å². The Balaban J connectivity index is 1.82. The molecular weight excluding hydrogens is 144 g/mol. The zero-order valence-corrected chi connectivity index (χ0v) is 6.88. The minimum absolute atomic E-state index is 0.913. The highest BCUT2D eigenvalue weighted by molar-refractivity contribution is 5.68. The van der Waals surface area contributed by atoms with E-state index < -0.39 is 0 Å². The maximum Gasteiger partial charge on any atom is 0.0127 e. The molecule has 2 fully saturated rings. The third kappa shape index (κ3) is 0.319. The van der Waals surface area contributed by atoms with E-state index in [1.165, 1.54) is 12.8 Å². The first-order chi connectivity index (χ1) is 5.95. The molecule has 0 radical (unpaired) electrons. The summed E-state index contributed by atoms with van der Waals surface area (Å²) in [4.78, 5) is 0. The van der Waals surface area contributed by atoms with Crippen LogP contribution in [0.5, 0.6) is 0 Å². The van der Waals surface area contributed by atoms with Gasteiger partial charge in [-0.25, -0.2) is 0 Å². The van der Waals surface area contributed by atoms with Gasteiger partial charge in [0.05, 0.1) is 0 Å². The van der Waals surface area contributed by atoms with Gasteiger partial charge in [0.2, 0.25) is 0 Å². The van der Waals surface area contributed by atoms with Crippen LogP contribution in [0, 0.1) is 23.7 Å². The third-order valence-corrected chi connectivity index (χ3v) is 4.44. The molecule has 4 atom stereocenters. The Bertz CT molecular complexity index is 419. The Hall–Kier alpha value is -0.780. The van der Waals surface area contributed by atoms with E-state index in [0.29, 0.717) is 0 Å². The Morgan fingerprint density at radius 2 is 2.17 bits per heavy atom. The van der Waals surface area contributed by atoms with E-state index >= 15 is 0 Å². The molecule has 0 bridgehead atoms. The van der Waals surface area contributed by atoms with Gasteiger partial charge in [-0.1, -0.05) is 23.3 Å². The summed E-state index contributed by atoms with van der Waals surface area (Å²) in [7, 11) is 0. The minimum atomic E-state index is 0.913. The molecule has 0 saturated heterocycles. The van der Waals surface area contributed by atoms with Crippen LogP contribution < -0.4 is 0 Å². The number of allylic oxidation sites excluding steroid dienone is 6. The second kappa shape index (κ2) is 1.17. The van der Waals surface area contributed by atoms with E-state index in [-0.39, 0.29) is 0 Å². The molecule has 0 nitrogen and oxygen atoms in total. The fourth-order valence-electron chi connectivity index (χ4n) is 3.74. The first kappa shape index (κ1) is 5.06. The second-order valence-corrected chi connectivity index (χ2v) is 4.92. The molecule has 4 unspecified atom stereocenters. The van der Waals surface area contributed by atoms with E-state index in [1.54, 1.807) is 11.1 Å². The zero-order chi connectivity index (χ0) is 7.45. The van der Waals surface area contributed by atoms with Gasteiger partial charge in [0.1, 0.15) is 0 Å². The van der Waals surface area contributed by atoms with Gasteiger partial charge in [0, 0.05) is 11.8 Å². The Kier molecular flexibility index (Phi) is 0.494. The van der Waals surface area contributed by atoms with Crippen molar-refractivity contribution in [2.24, 2.45) is 23.7 Å². The normalized spacial score (nSPS) is 54.7. The zero-order valence-electron chi connectivity index (χ0n) is 6.88. The highest BCUT2D eigenvalue weighted by Gasteiger charge is 2.65. The van der Waals surface area contributed by atoms with E-state index in [4.69, 9.17) is 0 Å². The number of hydrogen-bond acceptors (Lipinski definition) is 0. The van der Waals surface area contributed by atoms with Crippen LogP contribution in [0.25, 0.3) is 0 Å². The molecule has 12 heavy (non-hydrogen) atoms. The summed E-state index contributed by atoms with van der Waals surface area (Å²) in [6, 6.07) is 0. The van der Waals surface area contributed by atoms with E-state index in [1.807, 2.05) is 11.1 Å². The van der Waals surface area contributed by atoms with Crippen molar-refractivity contribution in [1.29, 1.82) is 0 Å². The van der Waals surface area contributed by atoms with Crippen LogP contribution in [0.15, 0.2) is 34.4 Å². The molecule has 0 spiro atoms. The lowest BCUT2D eigenvalue weighted by Crippen LogP contribution is -2.36. The number of rotatable bonds is 1. The molecule has 0 heterocycles. The molecule has 5 rings (SSSR count). The van der Waals surface area contributed by atoms with Gasteiger partial charge in [-0.3, -0.25) is 0 Å². The van der Waals surface area contributed by atoms with Crippen molar-refractivity contribution in [3.05, 3.63) is 34.4 Å². The minimum Gasteiger partial charge on any atom is -0.0763 e. The van der Waals surface area contributed by atoms with Gasteiger partial charge < -0.3 is 0 Å². The van der Waals surface area contributed by atoms with Crippen molar-refractivity contribution < 1.29 is 0 Å². The van der Waals surface area contributed by atoms with Crippen LogP contribution in [0.4, 0.5) is 0 Å². The van der Waals surface area contributed by atoms with Gasteiger partial charge in [0.25, 0.3) is 0 Å². The molecule has 5 aliphatic carbocycles. The first-order valence-electron chi connectivity index (χ1n) is 5.10. The molecular formula is C12H10. The van der Waals surface area contributed by atoms with Crippen LogP contribution >= 0.6 is 0 Å². The predicted octanol–water partition coefficient (Wildman–Crippen LogP) is 2.45. The van der Waals surface area contributed by atoms with Crippen LogP contribution in [0.3, 0.4) is 0 Å². The van der Waals surface area contributed by atoms with Gasteiger partial charge >= 0.3 is 0 Å². The topological polar surface area (TPSA) is 0 Å². The summed E-state index contributed by atoms with van der Waals surface area (Å²) >= 11 is 0. The van der Waals surface area contributed by atoms with Crippen molar-refractivity contribution in [3.63, 3.8) is 0 Å². The fourth-order valence-corrected chi connectivity index (χ4v) is 3.74. The SMILES string of the molecule is C1=C(C2=C3C4CC4C4=CC2C43)C1. The highest BCUT2D eigenvalue weighted by atomic mass is 14.7. The van der Waals surface area contributed by atoms with E-state index in [9.17, 15) is 0 Å². The quantitative estimate of drug-likeness (QED) is 0.509. The van der Waals surface area contributed by atoms with E-state index in [2.05, 4.69) is 12.2 Å². The number of fused-ring (bicyclic) bond motifs is 3. The molecule has 0 aromatic carbocycles. The van der Waals surface area contributed by atoms with Gasteiger partial charge in [0.15, 0.2) is 0 Å². The van der Waals surface area contributed by atoms with Gasteiger partial charge in [-0.15, -0.1) is 0 Å². The molecule has 0 aliphatic heterocycles. The molecule has 0 aromatic heterocycles. The van der Waals surface area contributed by atoms with Gasteiger partial charge in [-0.05, 0) is 35.8 Å². The summed E-state index contributed by atoms with van der Waals surface area (Å²) in [5.74, 6) is 3.98. The van der Waals surface area contributed by atoms with Crippen LogP contribution in [0.2, 0.25) is 0 Å². The van der Waals surface area contributed by atoms with Crippen molar-refractivity contribution in [2.45, 2.75) is 12.8 Å². The highest BCUT2D eigenvalue weighted by Crippen LogP contribution is 2.75. The molecule has 2 saturated carbocycles. The Morgan fingerprint density at radius 3 is 3.00 bits per heavy atom. The molecule has 58 valence electrons. The summed E-state index contributed by atoms with van der Waals surface area (Å²) in [6.07, 6.45) is 7.78. The lowest BCUT2D eigenvalue weighted by molar-refractivity contribution is 0.439. The lowest BCUT2D eigenvalue weighted by atomic mass is 9.58. The summed E-state index contributed by atoms with van der Waals surface area (Å²) in [6.45, 7) is 0. The molecule has 0 N–H and O–H groups in total. The van der Waals surface area contributed by atoms with E-state index in [0.717, 1.165) is 23.7 Å². The fraction of sp³-hybridized carbons (Fsp3) is 0.500. The maximum atomic E-state index is 2.57. The lowest BCUT2D eigenvalue weighted by Gasteiger charge is -2.46. The maximum absolute atomic E-state index is 2.57. The van der Waals surface area contributed by atoms with Gasteiger partial charge in [-0.2, -0.15) is 0 Å². The third-order valence-electron chi connectivity index (χ3n) is 4.44. The van der Waals surface area contributed by atoms with Crippen LogP contribution in [-0.2, 0) is 0 Å². The first-order valence-corrected chi connectivity index (χ1v) is 5.10. The average Bonchev–Trinajstić information content (AvgIpc) is 2.75. The standard InChI is InChI=1S/C12H10/c1-2-5(1)10-9-4-7-6-3-8(6)12(10)11(7)9/h1,4,6,8-9,11H,2-3H2. The van der Waals surface area contributed by atoms with Crippen LogP contribution in [0.1, 0.15) is 12.8 Å². The largest absolute Gasteiger partial charge is 0.0763 e. The van der Waals surface area contributed by atoms with Crippen LogP contribution in [-0.4, -0.2) is 0 Å². The second-order valence-electron chi connectivity index (χ2n) is 4.92. The summed E-state index contributed by atoms with van der Waals surface area (Å²) in [5, 5.41) is 0. The number of hydrogen-bond donors (Lipinski definition) is 0. The van der Waals surface area contributed by atoms with Crippen molar-refractivity contribution >= 4 is 0 Å². The average molecular weight is 154 g/mol. The molecule has 0 amide bonds. The summed E-state index contributed by atoms with van der Waals surface area (Å²) < 4.78 is 0. The van der Waals surface area contributed by atoms with Crippen molar-refractivity contribution in [3.8, 4) is 0 Å². The smallest absolute Gasteiger partial charge is 0.0127 e. The predicted molar refractivity (Wildman–Crippen MR) is 46.4 cm³/mol. The Morgan fingerprint density at radius 1 is 1.25 bits per heavy atom. The van der Waals surface area contributed by atoms with Crippen molar-refractivity contribution in [2.75, 3.05) is 0 Å². The molecule has 5 aliphatic rings. The molecule has 0 heteroatoms. The monoisotopic (exact) mass is 154 g/mol. The molecule has 0 aromatic rings. The summed E-state index contributed by atoms with van der Waals surface area (Å²) in [5.41, 5.74) is 7.24. The Labute approximate surface area is 71.7 Å².